The van der Waals surface area contributed by atoms with Gasteiger partial charge in [0.05, 0.1) is 6.61 Å². The van der Waals surface area contributed by atoms with Gasteiger partial charge in [-0.2, -0.15) is 0 Å². The second kappa shape index (κ2) is 9.16. The van der Waals surface area contributed by atoms with Crippen LogP contribution in [0.1, 0.15) is 24.1 Å². The monoisotopic (exact) mass is 421 g/mol. The van der Waals surface area contributed by atoms with Gasteiger partial charge < -0.3 is 14.5 Å². The molecule has 31 heavy (non-hydrogen) atoms. The Kier molecular flexibility index (Phi) is 6.16. The van der Waals surface area contributed by atoms with Crippen molar-refractivity contribution in [1.82, 2.24) is 15.2 Å². The zero-order chi connectivity index (χ0) is 21.8. The van der Waals surface area contributed by atoms with Crippen molar-refractivity contribution >= 4 is 23.7 Å². The number of carbonyl (C=O) groups excluding carboxylic acids is 2. The maximum absolute atomic E-state index is 13.0. The third kappa shape index (κ3) is 4.52. The van der Waals surface area contributed by atoms with Gasteiger partial charge in [-0.05, 0) is 31.5 Å². The number of ether oxygens (including phenoxy) is 1. The van der Waals surface area contributed by atoms with Crippen LogP contribution in [0, 0.1) is 12.8 Å². The number of amides is 1. The van der Waals surface area contributed by atoms with Crippen molar-refractivity contribution in [2.24, 2.45) is 10.9 Å². The molecular weight excluding hydrogens is 394 g/mol. The molecule has 2 atom stereocenters. The van der Waals surface area contributed by atoms with Crippen LogP contribution in [0.15, 0.2) is 53.7 Å². The largest absolute Gasteiger partial charge is 0.465 e. The van der Waals surface area contributed by atoms with Crippen LogP contribution in [0.4, 0.5) is 5.82 Å². The number of carbonyl (C=O) groups is 2. The van der Waals surface area contributed by atoms with Crippen molar-refractivity contribution in [2.45, 2.75) is 19.9 Å². The fraction of sp³-hybridized carbons (Fsp3) is 0.391. The predicted octanol–water partition coefficient (Wildman–Crippen LogP) is 1.92. The molecule has 4 rings (SSSR count). The van der Waals surface area contributed by atoms with Crippen molar-refractivity contribution in [3.05, 3.63) is 59.8 Å². The fourth-order valence-electron chi connectivity index (χ4n) is 3.92. The zero-order valence-corrected chi connectivity index (χ0v) is 17.8. The number of esters is 1. The molecule has 0 aliphatic carbocycles. The van der Waals surface area contributed by atoms with Gasteiger partial charge in [-0.1, -0.05) is 35.9 Å². The number of aryl methyl sites for hydroxylation is 1. The third-order valence-electron chi connectivity index (χ3n) is 5.61. The Morgan fingerprint density at radius 2 is 1.81 bits per heavy atom. The van der Waals surface area contributed by atoms with E-state index in [2.05, 4.69) is 20.1 Å². The number of aliphatic imine (C=N–C) groups is 1. The molecule has 8 heteroatoms. The summed E-state index contributed by atoms with van der Waals surface area (Å²) in [6.07, 6.45) is 1.79. The maximum Gasteiger partial charge on any atom is 0.321 e. The molecule has 0 radical (unpaired) electrons. The topological polar surface area (TPSA) is 87.1 Å². The normalized spacial score (nSPS) is 21.4. The van der Waals surface area contributed by atoms with Crippen LogP contribution in [0.5, 0.6) is 0 Å². The summed E-state index contributed by atoms with van der Waals surface area (Å²) in [5.41, 5.74) is 1.93. The van der Waals surface area contributed by atoms with Crippen LogP contribution in [-0.4, -0.2) is 60.5 Å². The molecule has 1 N–H and O–H groups in total. The van der Waals surface area contributed by atoms with Crippen molar-refractivity contribution in [3.63, 3.8) is 0 Å². The summed E-state index contributed by atoms with van der Waals surface area (Å²) in [6.45, 7) is 6.87. The molecule has 2 aliphatic heterocycles. The van der Waals surface area contributed by atoms with Crippen LogP contribution in [0.2, 0.25) is 0 Å². The number of piperazine rings is 1. The first-order chi connectivity index (χ1) is 15.1. The van der Waals surface area contributed by atoms with E-state index in [9.17, 15) is 9.59 Å². The van der Waals surface area contributed by atoms with E-state index in [1.54, 1.807) is 13.1 Å². The van der Waals surface area contributed by atoms with Gasteiger partial charge in [-0.15, -0.1) is 0 Å². The molecule has 162 valence electrons. The first kappa shape index (κ1) is 20.8. The van der Waals surface area contributed by atoms with E-state index >= 15 is 0 Å². The van der Waals surface area contributed by atoms with Crippen LogP contribution >= 0.6 is 0 Å². The Bertz CT molecular complexity index is 953. The van der Waals surface area contributed by atoms with Crippen molar-refractivity contribution in [2.75, 3.05) is 37.7 Å². The summed E-state index contributed by atoms with van der Waals surface area (Å²) in [7, 11) is 0. The number of nitrogens with zero attached hydrogens (tertiary/aromatic N) is 4. The lowest BCUT2D eigenvalue weighted by Crippen LogP contribution is -2.57. The Labute approximate surface area is 181 Å². The molecule has 1 aromatic heterocycles. The van der Waals surface area contributed by atoms with Crippen molar-refractivity contribution in [1.29, 1.82) is 0 Å². The van der Waals surface area contributed by atoms with E-state index in [0.29, 0.717) is 19.0 Å². The first-order valence-electron chi connectivity index (χ1n) is 10.6. The summed E-state index contributed by atoms with van der Waals surface area (Å²) >= 11 is 0. The Morgan fingerprint density at radius 1 is 1.10 bits per heavy atom. The molecule has 8 nitrogen and oxygen atoms in total. The van der Waals surface area contributed by atoms with E-state index < -0.39 is 17.9 Å². The highest BCUT2D eigenvalue weighted by molar-refractivity contribution is 6.08. The lowest BCUT2D eigenvalue weighted by atomic mass is 9.91. The molecule has 2 aromatic rings. The number of benzene rings is 1. The van der Waals surface area contributed by atoms with Gasteiger partial charge in [-0.25, -0.2) is 9.98 Å². The molecule has 3 heterocycles. The number of aromatic nitrogens is 1. The minimum absolute atomic E-state index is 0.218. The van der Waals surface area contributed by atoms with E-state index in [1.807, 2.05) is 49.4 Å². The Balaban J connectivity index is 1.56. The number of hydrogen-bond acceptors (Lipinski definition) is 7. The van der Waals surface area contributed by atoms with Gasteiger partial charge in [-0.3, -0.25) is 14.9 Å². The molecule has 0 unspecified atom stereocenters. The average Bonchev–Trinajstić information content (AvgIpc) is 2.80. The van der Waals surface area contributed by atoms with E-state index in [0.717, 1.165) is 30.0 Å². The summed E-state index contributed by atoms with van der Waals surface area (Å²) in [5.74, 6) is -0.468. The number of pyridine rings is 1. The van der Waals surface area contributed by atoms with E-state index in [-0.39, 0.29) is 12.5 Å². The van der Waals surface area contributed by atoms with Gasteiger partial charge in [0.25, 0.3) is 0 Å². The molecule has 1 amide bonds. The summed E-state index contributed by atoms with van der Waals surface area (Å²) in [5, 5.41) is 2.84. The van der Waals surface area contributed by atoms with Gasteiger partial charge in [0.15, 0.2) is 5.92 Å². The molecule has 1 saturated heterocycles. The molecular formula is C23H27N5O3. The van der Waals surface area contributed by atoms with Crippen LogP contribution < -0.4 is 10.2 Å². The number of nitrogens with one attached hydrogen (secondary N) is 1. The minimum Gasteiger partial charge on any atom is -0.465 e. The summed E-state index contributed by atoms with van der Waals surface area (Å²) in [4.78, 5) is 39.0. The van der Waals surface area contributed by atoms with Crippen LogP contribution in [0.3, 0.4) is 0 Å². The van der Waals surface area contributed by atoms with Gasteiger partial charge in [0.2, 0.25) is 11.9 Å². The van der Waals surface area contributed by atoms with E-state index in [4.69, 9.17) is 9.73 Å². The molecule has 2 aliphatic rings. The highest BCUT2D eigenvalue weighted by Gasteiger charge is 2.42. The standard InChI is InChI=1S/C23H27N5O3/c1-3-31-22(30)19-20(17-9-7-16(2)8-10-17)25-23(26-21(19)29)28-14-12-27(13-15-28)18-6-4-5-11-24-18/h4-11,19-20H,3,12-15H2,1-2H3,(H,25,26,29)/t19-,20-/m0/s1. The number of anilines is 1. The lowest BCUT2D eigenvalue weighted by Gasteiger charge is -2.39. The molecule has 0 bridgehead atoms. The zero-order valence-electron chi connectivity index (χ0n) is 17.8. The van der Waals surface area contributed by atoms with Crippen LogP contribution in [-0.2, 0) is 14.3 Å². The SMILES string of the molecule is CCOC(=O)[C@@H]1C(=O)NC(N2CCN(c3ccccn3)CC2)=N[C@H]1c1ccc(C)cc1. The second-order valence-electron chi connectivity index (χ2n) is 7.69. The highest BCUT2D eigenvalue weighted by Crippen LogP contribution is 2.31. The quantitative estimate of drug-likeness (QED) is 0.600. The molecule has 0 saturated carbocycles. The smallest absolute Gasteiger partial charge is 0.321 e. The van der Waals surface area contributed by atoms with Gasteiger partial charge >= 0.3 is 5.97 Å². The van der Waals surface area contributed by atoms with Crippen LogP contribution in [0.25, 0.3) is 0 Å². The molecule has 1 aromatic carbocycles. The fourth-order valence-corrected chi connectivity index (χ4v) is 3.92. The highest BCUT2D eigenvalue weighted by atomic mass is 16.5. The number of rotatable bonds is 4. The molecule has 1 fully saturated rings. The number of hydrogen-bond donors (Lipinski definition) is 1. The minimum atomic E-state index is -0.999. The maximum atomic E-state index is 13.0. The van der Waals surface area contributed by atoms with Gasteiger partial charge in [0, 0.05) is 32.4 Å². The van der Waals surface area contributed by atoms with E-state index in [1.165, 1.54) is 0 Å². The Hall–Kier alpha value is -3.42. The summed E-state index contributed by atoms with van der Waals surface area (Å²) in [6, 6.07) is 13.0. The van der Waals surface area contributed by atoms with Crippen molar-refractivity contribution < 1.29 is 14.3 Å². The molecule has 0 spiro atoms. The Morgan fingerprint density at radius 3 is 2.45 bits per heavy atom. The predicted molar refractivity (Wildman–Crippen MR) is 118 cm³/mol. The average molecular weight is 422 g/mol. The lowest BCUT2D eigenvalue weighted by molar-refractivity contribution is -0.153. The third-order valence-corrected chi connectivity index (χ3v) is 5.61. The first-order valence-corrected chi connectivity index (χ1v) is 10.6. The summed E-state index contributed by atoms with van der Waals surface area (Å²) < 4.78 is 5.17. The number of guanidine groups is 1. The second-order valence-corrected chi connectivity index (χ2v) is 7.69. The van der Waals surface area contributed by atoms with Crippen molar-refractivity contribution in [3.8, 4) is 0 Å². The van der Waals surface area contributed by atoms with Gasteiger partial charge in [0.1, 0.15) is 11.9 Å².